The molecule has 2 aromatic carbocycles. The van der Waals surface area contributed by atoms with E-state index in [1.165, 1.54) is 0 Å². The highest BCUT2D eigenvalue weighted by Gasteiger charge is 2.58. The second-order valence-electron chi connectivity index (χ2n) is 10.7. The third kappa shape index (κ3) is 3.28. The molecule has 1 spiro atoms. The van der Waals surface area contributed by atoms with E-state index in [1.807, 2.05) is 40.1 Å². The number of nitrogens with zero attached hydrogens (tertiary/aromatic N) is 4. The number of rotatable bonds is 5. The number of carbonyl (C=O) groups excluding carboxylic acids is 2. The van der Waals surface area contributed by atoms with Crippen molar-refractivity contribution in [2.45, 2.75) is 37.6 Å². The van der Waals surface area contributed by atoms with Crippen LogP contribution in [0.15, 0.2) is 64.2 Å². The molecule has 7 heteroatoms. The Labute approximate surface area is 209 Å². The molecule has 4 aliphatic rings. The van der Waals surface area contributed by atoms with Gasteiger partial charge in [0.2, 0.25) is 5.91 Å². The number of carbonyl (C=O) groups is 2. The fraction of sp³-hybridized carbons (Fsp3) is 0.379. The molecular formula is C29H26N4O3. The van der Waals surface area contributed by atoms with Crippen LogP contribution in [0.1, 0.15) is 37.7 Å². The van der Waals surface area contributed by atoms with E-state index < -0.39 is 11.0 Å². The summed E-state index contributed by atoms with van der Waals surface area (Å²) >= 11 is 0. The quantitative estimate of drug-likeness (QED) is 0.545. The lowest BCUT2D eigenvalue weighted by Crippen LogP contribution is -2.41. The maximum atomic E-state index is 13.4. The summed E-state index contributed by atoms with van der Waals surface area (Å²) in [4.78, 5) is 34.8. The second-order valence-corrected chi connectivity index (χ2v) is 10.7. The molecule has 7 rings (SSSR count). The Morgan fingerprint density at radius 3 is 2.53 bits per heavy atom. The highest BCUT2D eigenvalue weighted by atomic mass is 16.3. The summed E-state index contributed by atoms with van der Waals surface area (Å²) in [5, 5.41) is 10.5. The molecule has 7 nitrogen and oxygen atoms in total. The van der Waals surface area contributed by atoms with Crippen molar-refractivity contribution in [2.75, 3.05) is 19.6 Å². The zero-order chi connectivity index (χ0) is 24.5. The Kier molecular flexibility index (Phi) is 4.47. The largest absolute Gasteiger partial charge is 0.464 e. The van der Waals surface area contributed by atoms with Crippen LogP contribution in [0.2, 0.25) is 0 Å². The number of hydrogen-bond acceptors (Lipinski definition) is 5. The van der Waals surface area contributed by atoms with Gasteiger partial charge in [-0.1, -0.05) is 30.3 Å². The Hall–Kier alpha value is -3.92. The highest BCUT2D eigenvalue weighted by molar-refractivity contribution is 6.16. The minimum Gasteiger partial charge on any atom is -0.464 e. The van der Waals surface area contributed by atoms with E-state index in [1.54, 1.807) is 6.26 Å². The molecule has 1 aromatic heterocycles. The van der Waals surface area contributed by atoms with Gasteiger partial charge in [0.25, 0.3) is 5.91 Å². The third-order valence-corrected chi connectivity index (χ3v) is 8.26. The van der Waals surface area contributed by atoms with Gasteiger partial charge >= 0.3 is 0 Å². The first-order valence-electron chi connectivity index (χ1n) is 12.7. The van der Waals surface area contributed by atoms with Crippen molar-refractivity contribution in [3.05, 3.63) is 60.4 Å². The molecule has 0 unspecified atom stereocenters. The fourth-order valence-electron chi connectivity index (χ4n) is 5.68. The van der Waals surface area contributed by atoms with Crippen LogP contribution in [0.5, 0.6) is 0 Å². The minimum atomic E-state index is -0.785. The monoisotopic (exact) mass is 478 g/mol. The van der Waals surface area contributed by atoms with E-state index >= 15 is 0 Å². The molecule has 36 heavy (non-hydrogen) atoms. The maximum absolute atomic E-state index is 13.4. The predicted octanol–water partition coefficient (Wildman–Crippen LogP) is 4.37. The van der Waals surface area contributed by atoms with Crippen LogP contribution in [-0.4, -0.2) is 52.6 Å². The van der Waals surface area contributed by atoms with Crippen LogP contribution in [0, 0.1) is 22.7 Å². The maximum Gasteiger partial charge on any atom is 0.256 e. The lowest BCUT2D eigenvalue weighted by atomic mass is 10.0. The Morgan fingerprint density at radius 2 is 1.81 bits per heavy atom. The van der Waals surface area contributed by atoms with Crippen molar-refractivity contribution in [1.82, 2.24) is 9.80 Å². The van der Waals surface area contributed by atoms with Crippen LogP contribution in [0.25, 0.3) is 22.1 Å². The molecule has 2 saturated carbocycles. The summed E-state index contributed by atoms with van der Waals surface area (Å²) in [6, 6.07) is 18.6. The number of fused-ring (bicyclic) bond motifs is 1. The molecule has 2 aliphatic carbocycles. The van der Waals surface area contributed by atoms with Gasteiger partial charge in [-0.2, -0.15) is 5.26 Å². The SMILES string of the molecule is N#CC1(C(=O)N2CC[C@@H](CN3C(=O)C4(CC4)N=C3c3ccc(-c4ccc5occc5c4)cc3)C2)CC1. The molecule has 3 heterocycles. The summed E-state index contributed by atoms with van der Waals surface area (Å²) in [7, 11) is 0. The molecular weight excluding hydrogens is 452 g/mol. The van der Waals surface area contributed by atoms with Gasteiger partial charge in [0.1, 0.15) is 22.4 Å². The summed E-state index contributed by atoms with van der Waals surface area (Å²) < 4.78 is 5.45. The normalized spacial score (nSPS) is 23.2. The molecule has 180 valence electrons. The van der Waals surface area contributed by atoms with E-state index in [2.05, 4.69) is 24.3 Å². The van der Waals surface area contributed by atoms with Gasteiger partial charge in [0, 0.05) is 30.6 Å². The average Bonchev–Trinajstić information content (AvgIpc) is 3.74. The smallest absolute Gasteiger partial charge is 0.256 e. The molecule has 2 amide bonds. The van der Waals surface area contributed by atoms with Crippen LogP contribution < -0.4 is 0 Å². The van der Waals surface area contributed by atoms with E-state index in [4.69, 9.17) is 9.41 Å². The van der Waals surface area contributed by atoms with Gasteiger partial charge in [0.15, 0.2) is 0 Å². The van der Waals surface area contributed by atoms with Crippen LogP contribution in [0.4, 0.5) is 0 Å². The van der Waals surface area contributed by atoms with E-state index in [0.717, 1.165) is 52.8 Å². The lowest BCUT2D eigenvalue weighted by molar-refractivity contribution is -0.134. The van der Waals surface area contributed by atoms with Gasteiger partial charge in [-0.05, 0) is 67.3 Å². The minimum absolute atomic E-state index is 0.0306. The molecule has 0 radical (unpaired) electrons. The number of benzene rings is 2. The summed E-state index contributed by atoms with van der Waals surface area (Å²) in [6.45, 7) is 1.81. The van der Waals surface area contributed by atoms with Crippen molar-refractivity contribution in [3.63, 3.8) is 0 Å². The topological polar surface area (TPSA) is 89.9 Å². The fourth-order valence-corrected chi connectivity index (χ4v) is 5.68. The molecule has 1 atom stereocenters. The van der Waals surface area contributed by atoms with E-state index in [-0.39, 0.29) is 17.7 Å². The third-order valence-electron chi connectivity index (χ3n) is 8.26. The molecule has 1 saturated heterocycles. The molecule has 3 aromatic rings. The van der Waals surface area contributed by atoms with Gasteiger partial charge in [-0.15, -0.1) is 0 Å². The first-order chi connectivity index (χ1) is 17.5. The van der Waals surface area contributed by atoms with Crippen molar-refractivity contribution in [1.29, 1.82) is 5.26 Å². The second kappa shape index (κ2) is 7.54. The van der Waals surface area contributed by atoms with Gasteiger partial charge in [-0.25, -0.2) is 0 Å². The number of likely N-dealkylation sites (tertiary alicyclic amines) is 1. The number of amides is 2. The number of hydrogen-bond donors (Lipinski definition) is 0. The standard InChI is InChI=1S/C29H26N4O3/c30-18-28(9-10-28)26(34)32-13-7-19(16-32)17-33-25(31-29(11-12-29)27(33)35)21-3-1-20(2-4-21)22-5-6-24-23(15-22)8-14-36-24/h1-6,8,14-15,19H,7,9-13,16-17H2/t19-/m1/s1. The van der Waals surface area contributed by atoms with Gasteiger partial charge in [-0.3, -0.25) is 19.5 Å². The first-order valence-corrected chi connectivity index (χ1v) is 12.7. The lowest BCUT2D eigenvalue weighted by Gasteiger charge is -2.24. The highest BCUT2D eigenvalue weighted by Crippen LogP contribution is 2.48. The number of aliphatic imine (C=N–C) groups is 1. The molecule has 2 aliphatic heterocycles. The van der Waals surface area contributed by atoms with Crippen molar-refractivity contribution in [3.8, 4) is 17.2 Å². The number of nitriles is 1. The van der Waals surface area contributed by atoms with Crippen molar-refractivity contribution < 1.29 is 14.0 Å². The van der Waals surface area contributed by atoms with E-state index in [0.29, 0.717) is 32.5 Å². The molecule has 0 N–H and O–H groups in total. The zero-order valence-corrected chi connectivity index (χ0v) is 19.9. The van der Waals surface area contributed by atoms with E-state index in [9.17, 15) is 14.9 Å². The van der Waals surface area contributed by atoms with Crippen LogP contribution in [-0.2, 0) is 9.59 Å². The number of furan rings is 1. The average molecular weight is 479 g/mol. The molecule has 0 bridgehead atoms. The van der Waals surface area contributed by atoms with Gasteiger partial charge < -0.3 is 9.32 Å². The van der Waals surface area contributed by atoms with Crippen molar-refractivity contribution >= 4 is 28.6 Å². The Morgan fingerprint density at radius 1 is 1.06 bits per heavy atom. The summed E-state index contributed by atoms with van der Waals surface area (Å²) in [6.07, 6.45) is 5.47. The summed E-state index contributed by atoms with van der Waals surface area (Å²) in [5.41, 5.74) is 2.65. The first kappa shape index (κ1) is 21.4. The zero-order valence-electron chi connectivity index (χ0n) is 19.9. The Balaban J connectivity index is 1.11. The molecule has 3 fully saturated rings. The number of amidine groups is 1. The predicted molar refractivity (Wildman–Crippen MR) is 134 cm³/mol. The van der Waals surface area contributed by atoms with Gasteiger partial charge in [0.05, 0.1) is 12.3 Å². The Bertz CT molecular complexity index is 1470. The van der Waals surface area contributed by atoms with Crippen LogP contribution >= 0.6 is 0 Å². The van der Waals surface area contributed by atoms with Crippen LogP contribution in [0.3, 0.4) is 0 Å². The summed E-state index contributed by atoms with van der Waals surface area (Å²) in [5.74, 6) is 0.992. The van der Waals surface area contributed by atoms with Crippen molar-refractivity contribution in [2.24, 2.45) is 16.3 Å².